The first-order valence-electron chi connectivity index (χ1n) is 9.50. The zero-order valence-corrected chi connectivity index (χ0v) is 18.0. The fourth-order valence-corrected chi connectivity index (χ4v) is 3.87. The number of non-ortho nitro benzene ring substituents is 1. The smallest absolute Gasteiger partial charge is 0.271 e. The second-order valence-corrected chi connectivity index (χ2v) is 8.91. The number of anilines is 2. The van der Waals surface area contributed by atoms with Crippen LogP contribution in [0.2, 0.25) is 0 Å². The molecule has 2 aromatic rings. The molecule has 2 N–H and O–H groups in total. The molecule has 0 bridgehead atoms. The highest BCUT2D eigenvalue weighted by Gasteiger charge is 2.20. The van der Waals surface area contributed by atoms with Crippen LogP contribution in [0.5, 0.6) is 0 Å². The number of benzene rings is 2. The molecule has 0 aliphatic rings. The van der Waals surface area contributed by atoms with Gasteiger partial charge in [-0.15, -0.1) is 0 Å². The molecule has 0 spiro atoms. The van der Waals surface area contributed by atoms with Crippen LogP contribution in [0.3, 0.4) is 0 Å². The largest absolute Gasteiger partial charge is 0.376 e. The average molecular weight is 435 g/mol. The van der Waals surface area contributed by atoms with Gasteiger partial charge in [0.15, 0.2) is 0 Å². The minimum Gasteiger partial charge on any atom is -0.376 e. The summed E-state index contributed by atoms with van der Waals surface area (Å²) in [5.41, 5.74) is 1.55. The normalized spacial score (nSPS) is 11.3. The standard InChI is InChI=1S/C20H26N4O5S/c1-4-5-12-23(3)30(28,29)18-10-7-16(8-11-18)21-14-20(25)22-19-13-17(24(26)27)9-6-15(19)2/h6-11,13,21H,4-5,12,14H2,1-3H3,(H,22,25). The van der Waals surface area contributed by atoms with Crippen molar-refractivity contribution in [3.8, 4) is 0 Å². The van der Waals surface area contributed by atoms with E-state index in [1.807, 2.05) is 6.92 Å². The van der Waals surface area contributed by atoms with Crippen LogP contribution in [0.25, 0.3) is 0 Å². The maximum Gasteiger partial charge on any atom is 0.271 e. The molecule has 0 saturated carbocycles. The van der Waals surface area contributed by atoms with E-state index in [2.05, 4.69) is 10.6 Å². The number of carbonyl (C=O) groups is 1. The van der Waals surface area contributed by atoms with Crippen molar-refractivity contribution in [3.05, 3.63) is 58.1 Å². The molecule has 0 saturated heterocycles. The number of hydrogen-bond donors (Lipinski definition) is 2. The molecule has 2 aromatic carbocycles. The summed E-state index contributed by atoms with van der Waals surface area (Å²) < 4.78 is 26.4. The molecule has 2 rings (SSSR count). The van der Waals surface area contributed by atoms with E-state index in [0.29, 0.717) is 23.5 Å². The maximum atomic E-state index is 12.5. The fourth-order valence-electron chi connectivity index (χ4n) is 2.66. The third kappa shape index (κ3) is 6.01. The van der Waals surface area contributed by atoms with Crippen LogP contribution >= 0.6 is 0 Å². The molecule has 0 fully saturated rings. The van der Waals surface area contributed by atoms with Crippen LogP contribution in [-0.2, 0) is 14.8 Å². The Morgan fingerprint density at radius 1 is 1.17 bits per heavy atom. The lowest BCUT2D eigenvalue weighted by atomic mass is 10.2. The first-order valence-corrected chi connectivity index (χ1v) is 10.9. The van der Waals surface area contributed by atoms with Crippen LogP contribution < -0.4 is 10.6 Å². The third-order valence-electron chi connectivity index (χ3n) is 4.55. The molecule has 0 unspecified atom stereocenters. The number of rotatable bonds is 10. The molecule has 10 heteroatoms. The lowest BCUT2D eigenvalue weighted by molar-refractivity contribution is -0.384. The van der Waals surface area contributed by atoms with Crippen LogP contribution in [0.4, 0.5) is 17.1 Å². The molecule has 30 heavy (non-hydrogen) atoms. The predicted octanol–water partition coefficient (Wildman–Crippen LogP) is 3.37. The minimum atomic E-state index is -3.54. The molecule has 0 radical (unpaired) electrons. The molecule has 0 aliphatic carbocycles. The van der Waals surface area contributed by atoms with Crippen molar-refractivity contribution in [3.63, 3.8) is 0 Å². The van der Waals surface area contributed by atoms with E-state index in [9.17, 15) is 23.3 Å². The highest BCUT2D eigenvalue weighted by Crippen LogP contribution is 2.22. The lowest BCUT2D eigenvalue weighted by Crippen LogP contribution is -2.28. The second-order valence-electron chi connectivity index (χ2n) is 6.86. The summed E-state index contributed by atoms with van der Waals surface area (Å²) in [6.07, 6.45) is 1.69. The molecule has 9 nitrogen and oxygen atoms in total. The van der Waals surface area contributed by atoms with Crippen molar-refractivity contribution in [2.75, 3.05) is 30.8 Å². The molecule has 1 amide bonds. The van der Waals surface area contributed by atoms with Crippen molar-refractivity contribution < 1.29 is 18.1 Å². The van der Waals surface area contributed by atoms with Crippen molar-refractivity contribution in [1.82, 2.24) is 4.31 Å². The minimum absolute atomic E-state index is 0.0787. The Morgan fingerprint density at radius 2 is 1.83 bits per heavy atom. The van der Waals surface area contributed by atoms with Crippen LogP contribution in [-0.4, -0.2) is 43.7 Å². The zero-order valence-electron chi connectivity index (χ0n) is 17.2. The number of amides is 1. The van der Waals surface area contributed by atoms with Crippen LogP contribution in [0, 0.1) is 17.0 Å². The highest BCUT2D eigenvalue weighted by atomic mass is 32.2. The zero-order chi connectivity index (χ0) is 22.3. The van der Waals surface area contributed by atoms with Gasteiger partial charge in [0.2, 0.25) is 15.9 Å². The first kappa shape index (κ1) is 23.3. The Morgan fingerprint density at radius 3 is 2.43 bits per heavy atom. The summed E-state index contributed by atoms with van der Waals surface area (Å²) in [4.78, 5) is 22.7. The van der Waals surface area contributed by atoms with E-state index in [4.69, 9.17) is 0 Å². The molecule has 0 aliphatic heterocycles. The highest BCUT2D eigenvalue weighted by molar-refractivity contribution is 7.89. The van der Waals surface area contributed by atoms with Gasteiger partial charge in [0.25, 0.3) is 5.69 Å². The van der Waals surface area contributed by atoms with Gasteiger partial charge < -0.3 is 10.6 Å². The maximum absolute atomic E-state index is 12.5. The van der Waals surface area contributed by atoms with Crippen molar-refractivity contribution in [2.24, 2.45) is 0 Å². The third-order valence-corrected chi connectivity index (χ3v) is 6.42. The second kappa shape index (κ2) is 10.2. The predicted molar refractivity (Wildman–Crippen MR) is 116 cm³/mol. The van der Waals surface area contributed by atoms with E-state index in [-0.39, 0.29) is 23.0 Å². The summed E-state index contributed by atoms with van der Waals surface area (Å²) in [5.74, 6) is -0.380. The quantitative estimate of drug-likeness (QED) is 0.437. The van der Waals surface area contributed by atoms with E-state index >= 15 is 0 Å². The Balaban J connectivity index is 1.98. The monoisotopic (exact) mass is 434 g/mol. The average Bonchev–Trinajstić information content (AvgIpc) is 2.72. The number of nitro benzene ring substituents is 1. The molecule has 0 aromatic heterocycles. The fraction of sp³-hybridized carbons (Fsp3) is 0.350. The topological polar surface area (TPSA) is 122 Å². The Labute approximate surface area is 176 Å². The number of nitro groups is 1. The van der Waals surface area contributed by atoms with Crippen molar-refractivity contribution in [2.45, 2.75) is 31.6 Å². The first-order chi connectivity index (χ1) is 14.1. The number of nitrogens with zero attached hydrogens (tertiary/aromatic N) is 2. The van der Waals surface area contributed by atoms with Crippen molar-refractivity contribution >= 4 is 33.0 Å². The van der Waals surface area contributed by atoms with E-state index < -0.39 is 14.9 Å². The molecular weight excluding hydrogens is 408 g/mol. The van der Waals surface area contributed by atoms with Gasteiger partial charge in [0, 0.05) is 31.4 Å². The van der Waals surface area contributed by atoms with E-state index in [1.165, 1.54) is 28.6 Å². The summed E-state index contributed by atoms with van der Waals surface area (Å²) >= 11 is 0. The number of unbranched alkanes of at least 4 members (excludes halogenated alkanes) is 1. The van der Waals surface area contributed by atoms with Gasteiger partial charge in [-0.3, -0.25) is 14.9 Å². The van der Waals surface area contributed by atoms with E-state index in [1.54, 1.807) is 32.2 Å². The van der Waals surface area contributed by atoms with Gasteiger partial charge in [0.05, 0.1) is 22.1 Å². The van der Waals surface area contributed by atoms with Gasteiger partial charge in [-0.05, 0) is 43.2 Å². The number of aryl methyl sites for hydroxylation is 1. The van der Waals surface area contributed by atoms with Gasteiger partial charge in [-0.2, -0.15) is 0 Å². The number of carbonyl (C=O) groups excluding carboxylic acids is 1. The van der Waals surface area contributed by atoms with Gasteiger partial charge in [-0.1, -0.05) is 19.4 Å². The van der Waals surface area contributed by atoms with Crippen LogP contribution in [0.1, 0.15) is 25.3 Å². The molecule has 0 atom stereocenters. The van der Waals surface area contributed by atoms with Gasteiger partial charge >= 0.3 is 0 Å². The van der Waals surface area contributed by atoms with E-state index in [0.717, 1.165) is 12.8 Å². The Hall–Kier alpha value is -2.98. The number of nitrogens with one attached hydrogen (secondary N) is 2. The molecule has 162 valence electrons. The molecular formula is C20H26N4O5S. The van der Waals surface area contributed by atoms with Gasteiger partial charge in [0.1, 0.15) is 0 Å². The summed E-state index contributed by atoms with van der Waals surface area (Å²) in [5, 5.41) is 16.4. The SMILES string of the molecule is CCCCN(C)S(=O)(=O)c1ccc(NCC(=O)Nc2cc([N+](=O)[O-])ccc2C)cc1. The summed E-state index contributed by atoms with van der Waals surface area (Å²) in [6.45, 7) is 4.11. The summed E-state index contributed by atoms with van der Waals surface area (Å²) in [7, 11) is -1.99. The van der Waals surface area contributed by atoms with Crippen molar-refractivity contribution in [1.29, 1.82) is 0 Å². The Bertz CT molecular complexity index is 1010. The number of hydrogen-bond acceptors (Lipinski definition) is 6. The Kier molecular flexibility index (Phi) is 7.90. The lowest BCUT2D eigenvalue weighted by Gasteiger charge is -2.17. The summed E-state index contributed by atoms with van der Waals surface area (Å²) in [6, 6.07) is 10.4. The van der Waals surface area contributed by atoms with Gasteiger partial charge in [-0.25, -0.2) is 12.7 Å². The number of sulfonamides is 1. The molecule has 0 heterocycles. The van der Waals surface area contributed by atoms with Crippen LogP contribution in [0.15, 0.2) is 47.4 Å².